The number of nitrogens with zero attached hydrogens (tertiary/aromatic N) is 1. The second-order valence-electron chi connectivity index (χ2n) is 7.24. The van der Waals surface area contributed by atoms with Crippen LogP contribution < -0.4 is 0 Å². The zero-order chi connectivity index (χ0) is 27.2. The molecule has 2 aromatic carbocycles. The Balaban J connectivity index is 0.00000291. The number of Topliss-reactive ketones (excluding diaryl/α,β-unsaturated/α-hetero) is 1. The summed E-state index contributed by atoms with van der Waals surface area (Å²) in [7, 11) is 0. The number of benzene rings is 2. The molecule has 0 heterocycles. The first-order chi connectivity index (χ1) is 17.6. The fraction of sp³-hybridized carbons (Fsp3) is 0.387. The van der Waals surface area contributed by atoms with Crippen molar-refractivity contribution in [1.29, 1.82) is 0 Å². The molecule has 0 bridgehead atoms. The molecule has 36 heavy (non-hydrogen) atoms. The van der Waals surface area contributed by atoms with Crippen LogP contribution in [0.25, 0.3) is 0 Å². The Labute approximate surface area is 222 Å². The van der Waals surface area contributed by atoms with E-state index in [0.717, 1.165) is 35.5 Å². The predicted octanol–water partition coefficient (Wildman–Crippen LogP) is 9.46. The Morgan fingerprint density at radius 2 is 1.47 bits per heavy atom. The summed E-state index contributed by atoms with van der Waals surface area (Å²) in [5.74, 6) is -0.780. The Hall–Kier alpha value is -2.92. The molecule has 0 aliphatic rings. The SMILES string of the molecule is C/C=C\C(=C/C)C(=O)O/N=C(/CCCCCC)C(=O)c1ccc(Sc2ccccc2)cc1.CC.CC. The van der Waals surface area contributed by atoms with Crippen LogP contribution in [-0.4, -0.2) is 17.5 Å². The number of carbonyl (C=O) groups is 2. The van der Waals surface area contributed by atoms with Crippen molar-refractivity contribution in [3.63, 3.8) is 0 Å². The van der Waals surface area contributed by atoms with Gasteiger partial charge in [0.15, 0.2) is 0 Å². The van der Waals surface area contributed by atoms with Crippen molar-refractivity contribution in [3.8, 4) is 0 Å². The maximum atomic E-state index is 13.1. The normalized spacial score (nSPS) is 11.2. The summed E-state index contributed by atoms with van der Waals surface area (Å²) in [5.41, 5.74) is 1.21. The van der Waals surface area contributed by atoms with Gasteiger partial charge in [-0.2, -0.15) is 0 Å². The van der Waals surface area contributed by atoms with Crippen LogP contribution in [0.1, 0.15) is 90.9 Å². The molecule has 2 aromatic rings. The molecule has 0 radical (unpaired) electrons. The molecule has 0 spiro atoms. The zero-order valence-electron chi connectivity index (χ0n) is 23.0. The van der Waals surface area contributed by atoms with E-state index in [2.05, 4.69) is 12.1 Å². The minimum atomic E-state index is -0.570. The first-order valence-corrected chi connectivity index (χ1v) is 13.9. The number of hydrogen-bond acceptors (Lipinski definition) is 5. The third-order valence-corrected chi connectivity index (χ3v) is 5.77. The molecule has 0 amide bonds. The van der Waals surface area contributed by atoms with Gasteiger partial charge in [0.1, 0.15) is 5.71 Å². The topological polar surface area (TPSA) is 55.7 Å². The second kappa shape index (κ2) is 21.4. The van der Waals surface area contributed by atoms with Crippen molar-refractivity contribution in [2.24, 2.45) is 5.16 Å². The van der Waals surface area contributed by atoms with Gasteiger partial charge in [0.05, 0.1) is 5.57 Å². The number of allylic oxidation sites excluding steroid dienone is 2. The van der Waals surface area contributed by atoms with E-state index in [1.54, 1.807) is 49.0 Å². The highest BCUT2D eigenvalue weighted by molar-refractivity contribution is 7.99. The summed E-state index contributed by atoms with van der Waals surface area (Å²) in [6, 6.07) is 17.5. The van der Waals surface area contributed by atoms with Gasteiger partial charge in [-0.25, -0.2) is 4.79 Å². The molecule has 196 valence electrons. The van der Waals surface area contributed by atoms with E-state index < -0.39 is 5.97 Å². The van der Waals surface area contributed by atoms with Crippen molar-refractivity contribution in [2.45, 2.75) is 90.4 Å². The van der Waals surface area contributed by atoms with E-state index in [1.165, 1.54) is 0 Å². The minimum absolute atomic E-state index is 0.210. The van der Waals surface area contributed by atoms with Gasteiger partial charge >= 0.3 is 5.97 Å². The fourth-order valence-electron chi connectivity index (χ4n) is 3.00. The van der Waals surface area contributed by atoms with Crippen molar-refractivity contribution >= 4 is 29.2 Å². The van der Waals surface area contributed by atoms with Gasteiger partial charge < -0.3 is 4.84 Å². The third-order valence-electron chi connectivity index (χ3n) is 4.76. The van der Waals surface area contributed by atoms with Crippen molar-refractivity contribution in [2.75, 3.05) is 0 Å². The van der Waals surface area contributed by atoms with E-state index in [9.17, 15) is 9.59 Å². The van der Waals surface area contributed by atoms with E-state index >= 15 is 0 Å². The molecule has 0 N–H and O–H groups in total. The molecular weight excluding hydrogens is 466 g/mol. The average Bonchev–Trinajstić information content (AvgIpc) is 2.94. The average molecular weight is 510 g/mol. The lowest BCUT2D eigenvalue weighted by Gasteiger charge is -2.07. The quantitative estimate of drug-likeness (QED) is 0.0544. The lowest BCUT2D eigenvalue weighted by molar-refractivity contribution is -0.138. The van der Waals surface area contributed by atoms with Gasteiger partial charge in [-0.15, -0.1) is 0 Å². The van der Waals surface area contributed by atoms with Crippen LogP contribution in [0.15, 0.2) is 93.3 Å². The highest BCUT2D eigenvalue weighted by Gasteiger charge is 2.17. The van der Waals surface area contributed by atoms with Crippen LogP contribution >= 0.6 is 11.8 Å². The van der Waals surface area contributed by atoms with Gasteiger partial charge in [0, 0.05) is 15.4 Å². The van der Waals surface area contributed by atoms with Gasteiger partial charge in [-0.1, -0.05) is 107 Å². The number of unbranched alkanes of at least 4 members (excludes halogenated alkanes) is 3. The largest absolute Gasteiger partial charge is 0.365 e. The number of oxime groups is 1. The van der Waals surface area contributed by atoms with Crippen LogP contribution in [-0.2, 0) is 9.63 Å². The molecule has 0 unspecified atom stereocenters. The molecule has 0 saturated heterocycles. The molecule has 0 fully saturated rings. The Kier molecular flexibility index (Phi) is 19.6. The Morgan fingerprint density at radius 1 is 0.861 bits per heavy atom. The number of rotatable bonds is 12. The molecule has 0 aliphatic carbocycles. The van der Waals surface area contributed by atoms with E-state index in [0.29, 0.717) is 17.6 Å². The lowest BCUT2D eigenvalue weighted by Crippen LogP contribution is -2.16. The van der Waals surface area contributed by atoms with Crippen LogP contribution in [0.4, 0.5) is 0 Å². The fourth-order valence-corrected chi connectivity index (χ4v) is 3.83. The first kappa shape index (κ1) is 33.1. The molecule has 2 rings (SSSR count). The van der Waals surface area contributed by atoms with Crippen molar-refractivity contribution in [1.82, 2.24) is 0 Å². The summed E-state index contributed by atoms with van der Waals surface area (Å²) >= 11 is 1.64. The molecule has 4 nitrogen and oxygen atoms in total. The van der Waals surface area contributed by atoms with Crippen molar-refractivity contribution in [3.05, 3.63) is 84.0 Å². The van der Waals surface area contributed by atoms with Crippen LogP contribution in [0.3, 0.4) is 0 Å². The minimum Gasteiger partial charge on any atom is -0.312 e. The maximum Gasteiger partial charge on any atom is 0.365 e. The van der Waals surface area contributed by atoms with E-state index in [4.69, 9.17) is 4.84 Å². The van der Waals surface area contributed by atoms with Crippen LogP contribution in [0, 0.1) is 0 Å². The summed E-state index contributed by atoms with van der Waals surface area (Å²) in [6.45, 7) is 13.7. The molecule has 0 aromatic heterocycles. The predicted molar refractivity (Wildman–Crippen MR) is 155 cm³/mol. The summed E-state index contributed by atoms with van der Waals surface area (Å²) in [5, 5.41) is 3.98. The van der Waals surface area contributed by atoms with Crippen LogP contribution in [0.5, 0.6) is 0 Å². The second-order valence-corrected chi connectivity index (χ2v) is 8.39. The monoisotopic (exact) mass is 509 g/mol. The molecule has 0 aliphatic heterocycles. The lowest BCUT2D eigenvalue weighted by atomic mass is 10.0. The highest BCUT2D eigenvalue weighted by atomic mass is 32.2. The Bertz CT molecular complexity index is 961. The summed E-state index contributed by atoms with van der Waals surface area (Å²) < 4.78 is 0. The highest BCUT2D eigenvalue weighted by Crippen LogP contribution is 2.27. The molecule has 0 atom stereocenters. The maximum absolute atomic E-state index is 13.1. The Morgan fingerprint density at radius 3 is 2.03 bits per heavy atom. The van der Waals surface area contributed by atoms with Gasteiger partial charge in [-0.3, -0.25) is 4.79 Å². The van der Waals surface area contributed by atoms with Crippen LogP contribution in [0.2, 0.25) is 0 Å². The van der Waals surface area contributed by atoms with Gasteiger partial charge in [0.25, 0.3) is 0 Å². The summed E-state index contributed by atoms with van der Waals surface area (Å²) in [6.07, 6.45) is 9.56. The first-order valence-electron chi connectivity index (χ1n) is 13.0. The molecular formula is C31H43NO3S. The molecule has 5 heteroatoms. The smallest absolute Gasteiger partial charge is 0.312 e. The van der Waals surface area contributed by atoms with Gasteiger partial charge in [0.2, 0.25) is 5.78 Å². The zero-order valence-corrected chi connectivity index (χ0v) is 23.9. The third kappa shape index (κ3) is 12.7. The summed E-state index contributed by atoms with van der Waals surface area (Å²) in [4.78, 5) is 32.7. The van der Waals surface area contributed by atoms with E-state index in [1.807, 2.05) is 77.1 Å². The molecule has 0 saturated carbocycles. The number of hydrogen-bond donors (Lipinski definition) is 0. The van der Waals surface area contributed by atoms with Crippen molar-refractivity contribution < 1.29 is 14.4 Å². The van der Waals surface area contributed by atoms with E-state index in [-0.39, 0.29) is 11.5 Å². The van der Waals surface area contributed by atoms with Gasteiger partial charge in [-0.05, 0) is 63.1 Å². The number of carbonyl (C=O) groups excluding carboxylic acids is 2. The standard InChI is InChI=1S/C27H31NO3S.2C2H6/c1-4-7-8-12-16-25(28-31-27(30)21(6-3)13-5-2)26(29)22-17-19-24(20-18-22)32-23-14-10-9-11-15-23;2*1-2/h5-6,9-11,13-15,17-20H,4,7-8,12,16H2,1-3H3;2*1-2H3/b13-5-,21-6+,28-25-;;. The number of ketones is 1.